The predicted octanol–water partition coefficient (Wildman–Crippen LogP) is 3.89. The van der Waals surface area contributed by atoms with Gasteiger partial charge in [-0.25, -0.2) is 0 Å². The monoisotopic (exact) mass is 316 g/mol. The first-order valence-electron chi connectivity index (χ1n) is 5.88. The van der Waals surface area contributed by atoms with Gasteiger partial charge in [-0.05, 0) is 31.2 Å². The first kappa shape index (κ1) is 13.4. The molecule has 2 aromatic rings. The van der Waals surface area contributed by atoms with Crippen molar-refractivity contribution < 1.29 is 0 Å². The molecule has 0 amide bonds. The topological polar surface area (TPSA) is 60.7 Å². The van der Waals surface area contributed by atoms with E-state index in [1.54, 1.807) is 18.5 Å². The molecule has 0 aliphatic carbocycles. The Labute approximate surface area is 120 Å². The van der Waals surface area contributed by atoms with E-state index in [-0.39, 0.29) is 0 Å². The van der Waals surface area contributed by atoms with Gasteiger partial charge in [0.15, 0.2) is 0 Å². The van der Waals surface area contributed by atoms with Crippen LogP contribution in [0.4, 0.5) is 17.1 Å². The van der Waals surface area contributed by atoms with Crippen molar-refractivity contribution in [3.63, 3.8) is 0 Å². The molecule has 4 nitrogen and oxygen atoms in total. The van der Waals surface area contributed by atoms with Crippen LogP contribution in [-0.4, -0.2) is 11.5 Å². The maximum absolute atomic E-state index is 9.09. The molecule has 0 bridgehead atoms. The number of halogens is 1. The van der Waals surface area contributed by atoms with Crippen LogP contribution in [-0.2, 0) is 0 Å². The summed E-state index contributed by atoms with van der Waals surface area (Å²) < 4.78 is 0.921. The van der Waals surface area contributed by atoms with Crippen molar-refractivity contribution in [3.8, 4) is 6.07 Å². The Morgan fingerprint density at radius 2 is 2.05 bits per heavy atom. The SMILES string of the molecule is CCNc1cncc(Nc2cc(Br)ccc2C#N)c1. The number of aromatic nitrogens is 1. The van der Waals surface area contributed by atoms with Crippen LogP contribution in [0.1, 0.15) is 12.5 Å². The van der Waals surface area contributed by atoms with Crippen LogP contribution in [0.3, 0.4) is 0 Å². The van der Waals surface area contributed by atoms with E-state index < -0.39 is 0 Å². The number of rotatable bonds is 4. The second-order valence-electron chi connectivity index (χ2n) is 3.92. The van der Waals surface area contributed by atoms with Crippen LogP contribution in [0.25, 0.3) is 0 Å². The van der Waals surface area contributed by atoms with Crippen LogP contribution in [0.15, 0.2) is 41.1 Å². The molecule has 96 valence electrons. The van der Waals surface area contributed by atoms with E-state index in [1.807, 2.05) is 25.1 Å². The maximum atomic E-state index is 9.09. The molecule has 0 aliphatic rings. The van der Waals surface area contributed by atoms with E-state index >= 15 is 0 Å². The van der Waals surface area contributed by atoms with Crippen LogP contribution in [0.5, 0.6) is 0 Å². The highest BCUT2D eigenvalue weighted by Crippen LogP contribution is 2.25. The summed E-state index contributed by atoms with van der Waals surface area (Å²) in [4.78, 5) is 4.16. The van der Waals surface area contributed by atoms with Gasteiger partial charge in [-0.15, -0.1) is 0 Å². The van der Waals surface area contributed by atoms with Crippen molar-refractivity contribution in [1.82, 2.24) is 4.98 Å². The number of nitrogens with zero attached hydrogens (tertiary/aromatic N) is 2. The predicted molar refractivity (Wildman–Crippen MR) is 80.5 cm³/mol. The summed E-state index contributed by atoms with van der Waals surface area (Å²) in [7, 11) is 0. The molecule has 1 aromatic carbocycles. The Morgan fingerprint density at radius 3 is 2.79 bits per heavy atom. The zero-order valence-electron chi connectivity index (χ0n) is 10.4. The molecule has 0 aliphatic heterocycles. The molecule has 2 N–H and O–H groups in total. The van der Waals surface area contributed by atoms with E-state index in [9.17, 15) is 0 Å². The van der Waals surface area contributed by atoms with Gasteiger partial charge in [0.05, 0.1) is 35.0 Å². The number of hydrogen-bond donors (Lipinski definition) is 2. The Morgan fingerprint density at radius 1 is 1.26 bits per heavy atom. The molecule has 1 aromatic heterocycles. The fourth-order valence-corrected chi connectivity index (χ4v) is 2.04. The number of anilines is 3. The molecule has 0 saturated carbocycles. The fraction of sp³-hybridized carbons (Fsp3) is 0.143. The number of nitrogens with one attached hydrogen (secondary N) is 2. The van der Waals surface area contributed by atoms with Gasteiger partial charge in [-0.3, -0.25) is 4.98 Å². The highest BCUT2D eigenvalue weighted by molar-refractivity contribution is 9.10. The molecule has 0 fully saturated rings. The molecule has 19 heavy (non-hydrogen) atoms. The molecule has 0 spiro atoms. The molecular formula is C14H13BrN4. The van der Waals surface area contributed by atoms with Crippen LogP contribution in [0.2, 0.25) is 0 Å². The Hall–Kier alpha value is -2.06. The van der Waals surface area contributed by atoms with Gasteiger partial charge < -0.3 is 10.6 Å². The second kappa shape index (κ2) is 6.21. The third-order valence-electron chi connectivity index (χ3n) is 2.50. The molecule has 0 atom stereocenters. The molecular weight excluding hydrogens is 304 g/mol. The van der Waals surface area contributed by atoms with E-state index in [2.05, 4.69) is 37.6 Å². The van der Waals surface area contributed by atoms with Crippen LogP contribution in [0, 0.1) is 11.3 Å². The van der Waals surface area contributed by atoms with Gasteiger partial charge >= 0.3 is 0 Å². The first-order valence-corrected chi connectivity index (χ1v) is 6.68. The Kier molecular flexibility index (Phi) is 4.37. The van der Waals surface area contributed by atoms with Crippen molar-refractivity contribution in [2.75, 3.05) is 17.2 Å². The van der Waals surface area contributed by atoms with Crippen molar-refractivity contribution in [2.45, 2.75) is 6.92 Å². The highest BCUT2D eigenvalue weighted by atomic mass is 79.9. The van der Waals surface area contributed by atoms with E-state index in [4.69, 9.17) is 5.26 Å². The molecule has 0 saturated heterocycles. The van der Waals surface area contributed by atoms with Gasteiger partial charge in [0.1, 0.15) is 6.07 Å². The summed E-state index contributed by atoms with van der Waals surface area (Å²) in [6.45, 7) is 2.87. The van der Waals surface area contributed by atoms with Crippen LogP contribution >= 0.6 is 15.9 Å². The molecule has 5 heteroatoms. The normalized spacial score (nSPS) is 9.74. The zero-order valence-corrected chi connectivity index (χ0v) is 12.0. The fourth-order valence-electron chi connectivity index (χ4n) is 1.68. The minimum Gasteiger partial charge on any atom is -0.384 e. The highest BCUT2D eigenvalue weighted by Gasteiger charge is 2.04. The number of benzene rings is 1. The number of nitriles is 1. The minimum absolute atomic E-state index is 0.594. The molecule has 2 rings (SSSR count). The lowest BCUT2D eigenvalue weighted by Gasteiger charge is -2.10. The maximum Gasteiger partial charge on any atom is 0.101 e. The second-order valence-corrected chi connectivity index (χ2v) is 4.84. The Balaban J connectivity index is 2.28. The number of hydrogen-bond acceptors (Lipinski definition) is 4. The average molecular weight is 317 g/mol. The smallest absolute Gasteiger partial charge is 0.101 e. The zero-order chi connectivity index (χ0) is 13.7. The summed E-state index contributed by atoms with van der Waals surface area (Å²) in [5, 5.41) is 15.5. The summed E-state index contributed by atoms with van der Waals surface area (Å²) in [6.07, 6.45) is 3.49. The van der Waals surface area contributed by atoms with E-state index in [0.29, 0.717) is 5.56 Å². The molecule has 0 unspecified atom stereocenters. The molecule has 0 radical (unpaired) electrons. The third kappa shape index (κ3) is 3.46. The van der Waals surface area contributed by atoms with Crippen molar-refractivity contribution in [2.24, 2.45) is 0 Å². The van der Waals surface area contributed by atoms with Crippen molar-refractivity contribution in [3.05, 3.63) is 46.7 Å². The van der Waals surface area contributed by atoms with Crippen molar-refractivity contribution in [1.29, 1.82) is 5.26 Å². The lowest BCUT2D eigenvalue weighted by atomic mass is 10.2. The quantitative estimate of drug-likeness (QED) is 0.898. The lowest BCUT2D eigenvalue weighted by Crippen LogP contribution is -1.99. The van der Waals surface area contributed by atoms with Crippen LogP contribution < -0.4 is 10.6 Å². The first-order chi connectivity index (χ1) is 9.22. The summed E-state index contributed by atoms with van der Waals surface area (Å²) in [5.74, 6) is 0. The van der Waals surface area contributed by atoms with Gasteiger partial charge in [-0.2, -0.15) is 5.26 Å². The summed E-state index contributed by atoms with van der Waals surface area (Å²) in [6, 6.07) is 9.61. The van der Waals surface area contributed by atoms with Crippen molar-refractivity contribution >= 4 is 33.0 Å². The van der Waals surface area contributed by atoms with Gasteiger partial charge in [0.2, 0.25) is 0 Å². The average Bonchev–Trinajstić information content (AvgIpc) is 2.40. The summed E-state index contributed by atoms with van der Waals surface area (Å²) >= 11 is 3.40. The van der Waals surface area contributed by atoms with Gasteiger partial charge in [0.25, 0.3) is 0 Å². The Bertz CT molecular complexity index is 619. The van der Waals surface area contributed by atoms with E-state index in [0.717, 1.165) is 28.1 Å². The minimum atomic E-state index is 0.594. The lowest BCUT2D eigenvalue weighted by molar-refractivity contribution is 1.19. The third-order valence-corrected chi connectivity index (χ3v) is 2.99. The largest absolute Gasteiger partial charge is 0.384 e. The van der Waals surface area contributed by atoms with E-state index in [1.165, 1.54) is 0 Å². The van der Waals surface area contributed by atoms with Gasteiger partial charge in [0, 0.05) is 11.0 Å². The number of pyridine rings is 1. The van der Waals surface area contributed by atoms with Gasteiger partial charge in [-0.1, -0.05) is 15.9 Å². The molecule has 1 heterocycles. The standard InChI is InChI=1S/C14H13BrN4/c1-2-18-12-6-13(9-17-8-12)19-14-5-11(15)4-3-10(14)7-16/h3-6,8-9,18-19H,2H2,1H3. The summed E-state index contributed by atoms with van der Waals surface area (Å²) in [5.41, 5.74) is 3.14.